The third kappa shape index (κ3) is 8.18. The molecular weight excluding hydrogens is 550 g/mol. The van der Waals surface area contributed by atoms with Gasteiger partial charge < -0.3 is 34.8 Å². The Kier molecular flexibility index (Phi) is 10.9. The quantitative estimate of drug-likeness (QED) is 0.429. The summed E-state index contributed by atoms with van der Waals surface area (Å²) in [5.74, 6) is -0.682. The summed E-state index contributed by atoms with van der Waals surface area (Å²) in [5, 5.41) is 5.91. The summed E-state index contributed by atoms with van der Waals surface area (Å²) in [4.78, 5) is 58.6. The van der Waals surface area contributed by atoms with Gasteiger partial charge in [-0.3, -0.25) is 9.59 Å². The number of esters is 1. The first-order chi connectivity index (χ1) is 20.7. The Hall–Kier alpha value is -4.28. The predicted molar refractivity (Wildman–Crippen MR) is 163 cm³/mol. The summed E-state index contributed by atoms with van der Waals surface area (Å²) in [6, 6.07) is 12.2. The van der Waals surface area contributed by atoms with E-state index in [1.54, 1.807) is 36.3 Å². The van der Waals surface area contributed by atoms with E-state index in [2.05, 4.69) is 10.6 Å². The molecule has 11 heteroatoms. The van der Waals surface area contributed by atoms with Crippen molar-refractivity contribution in [3.63, 3.8) is 0 Å². The first kappa shape index (κ1) is 31.7. The molecule has 0 spiro atoms. The van der Waals surface area contributed by atoms with Gasteiger partial charge in [0.15, 0.2) is 0 Å². The molecule has 1 aliphatic carbocycles. The van der Waals surface area contributed by atoms with Crippen molar-refractivity contribution < 1.29 is 28.7 Å². The van der Waals surface area contributed by atoms with Crippen LogP contribution in [0.5, 0.6) is 5.75 Å². The Morgan fingerprint density at radius 2 is 1.60 bits per heavy atom. The number of carbonyl (C=O) groups is 4. The summed E-state index contributed by atoms with van der Waals surface area (Å²) in [7, 11) is 6.68. The molecule has 4 rings (SSSR count). The van der Waals surface area contributed by atoms with Crippen LogP contribution in [0.2, 0.25) is 0 Å². The number of nitrogens with zero attached hydrogens (tertiary/aromatic N) is 3. The normalized spacial score (nSPS) is 17.9. The summed E-state index contributed by atoms with van der Waals surface area (Å²) in [6.07, 6.45) is 5.24. The number of hydrogen-bond acceptors (Lipinski definition) is 7. The van der Waals surface area contributed by atoms with Crippen LogP contribution in [0.3, 0.4) is 0 Å². The number of methoxy groups -OCH3 is 2. The average molecular weight is 594 g/mol. The standard InChI is InChI=1S/C32H43N5O6/c1-35(2)25-14-12-23(13-15-25)30(39)36-18-19-37(32(41)33-24-8-6-5-7-9-24)28(21-36)29(38)34-27(31(40)43-4)20-22-10-16-26(42-3)17-11-22/h10-17,24,27-28H,5-9,18-21H2,1-4H3,(H,33,41)(H,34,38)/t27-,28+/m0/s1. The average Bonchev–Trinajstić information content (AvgIpc) is 3.04. The highest BCUT2D eigenvalue weighted by Gasteiger charge is 2.39. The van der Waals surface area contributed by atoms with Crippen LogP contribution < -0.4 is 20.3 Å². The maximum Gasteiger partial charge on any atom is 0.328 e. The number of rotatable bonds is 9. The highest BCUT2D eigenvalue weighted by atomic mass is 16.5. The fourth-order valence-electron chi connectivity index (χ4n) is 5.62. The number of nitrogens with one attached hydrogen (secondary N) is 2. The fourth-order valence-corrected chi connectivity index (χ4v) is 5.62. The minimum Gasteiger partial charge on any atom is -0.497 e. The number of urea groups is 1. The molecule has 1 aliphatic heterocycles. The molecule has 0 unspecified atom stereocenters. The van der Waals surface area contributed by atoms with Gasteiger partial charge in [0.1, 0.15) is 17.8 Å². The molecule has 0 aromatic heterocycles. The predicted octanol–water partition coefficient (Wildman–Crippen LogP) is 2.83. The smallest absolute Gasteiger partial charge is 0.328 e. The summed E-state index contributed by atoms with van der Waals surface area (Å²) in [6.45, 7) is 0.455. The van der Waals surface area contributed by atoms with Gasteiger partial charge in [0.05, 0.1) is 20.8 Å². The van der Waals surface area contributed by atoms with Crippen molar-refractivity contribution in [1.29, 1.82) is 0 Å². The van der Waals surface area contributed by atoms with E-state index in [1.165, 1.54) is 12.0 Å². The minimum absolute atomic E-state index is 0.00534. The van der Waals surface area contributed by atoms with E-state index in [0.717, 1.165) is 43.4 Å². The third-order valence-electron chi connectivity index (χ3n) is 8.20. The number of amides is 4. The van der Waals surface area contributed by atoms with Crippen LogP contribution in [0.15, 0.2) is 48.5 Å². The zero-order chi connectivity index (χ0) is 30.9. The Labute approximate surface area is 253 Å². The van der Waals surface area contributed by atoms with Gasteiger partial charge in [0.25, 0.3) is 5.91 Å². The van der Waals surface area contributed by atoms with Crippen molar-refractivity contribution in [2.45, 2.75) is 56.7 Å². The lowest BCUT2D eigenvalue weighted by atomic mass is 9.95. The minimum atomic E-state index is -0.995. The molecule has 232 valence electrons. The lowest BCUT2D eigenvalue weighted by Gasteiger charge is -2.41. The topological polar surface area (TPSA) is 121 Å². The molecule has 2 atom stereocenters. The number of carbonyl (C=O) groups excluding carboxylic acids is 4. The summed E-state index contributed by atoms with van der Waals surface area (Å²) < 4.78 is 10.2. The molecule has 2 N–H and O–H groups in total. The van der Waals surface area contributed by atoms with E-state index in [-0.39, 0.29) is 44.0 Å². The third-order valence-corrected chi connectivity index (χ3v) is 8.20. The monoisotopic (exact) mass is 593 g/mol. The molecule has 43 heavy (non-hydrogen) atoms. The van der Waals surface area contributed by atoms with Crippen molar-refractivity contribution in [1.82, 2.24) is 20.4 Å². The highest BCUT2D eigenvalue weighted by Crippen LogP contribution is 2.21. The highest BCUT2D eigenvalue weighted by molar-refractivity contribution is 5.96. The van der Waals surface area contributed by atoms with Crippen LogP contribution >= 0.6 is 0 Å². The summed E-state index contributed by atoms with van der Waals surface area (Å²) >= 11 is 0. The number of hydrogen-bond donors (Lipinski definition) is 2. The maximum atomic E-state index is 13.8. The van der Waals surface area contributed by atoms with Gasteiger partial charge in [-0.05, 0) is 54.8 Å². The largest absolute Gasteiger partial charge is 0.497 e. The zero-order valence-electron chi connectivity index (χ0n) is 25.5. The van der Waals surface area contributed by atoms with Crippen LogP contribution in [0.1, 0.15) is 48.0 Å². The SMILES string of the molecule is COC(=O)[C@H](Cc1ccc(OC)cc1)NC(=O)[C@H]1CN(C(=O)c2ccc(N(C)C)cc2)CCN1C(=O)NC1CCCCC1. The van der Waals surface area contributed by atoms with Crippen LogP contribution in [0, 0.1) is 0 Å². The van der Waals surface area contributed by atoms with Crippen molar-refractivity contribution in [3.05, 3.63) is 59.7 Å². The zero-order valence-corrected chi connectivity index (χ0v) is 25.5. The van der Waals surface area contributed by atoms with Crippen LogP contribution in [0.25, 0.3) is 0 Å². The maximum absolute atomic E-state index is 13.8. The molecule has 4 amide bonds. The van der Waals surface area contributed by atoms with Crippen LogP contribution in [-0.2, 0) is 20.7 Å². The number of piperazine rings is 1. The lowest BCUT2D eigenvalue weighted by Crippen LogP contribution is -2.65. The Balaban J connectivity index is 1.53. The van der Waals surface area contributed by atoms with Crippen LogP contribution in [0.4, 0.5) is 10.5 Å². The molecule has 0 bridgehead atoms. The number of benzene rings is 2. The van der Waals surface area contributed by atoms with Gasteiger partial charge in [0, 0.05) is 50.9 Å². The molecule has 2 aliphatic rings. The Morgan fingerprint density at radius 3 is 2.21 bits per heavy atom. The molecule has 0 radical (unpaired) electrons. The van der Waals surface area contributed by atoms with Gasteiger partial charge in [-0.15, -0.1) is 0 Å². The Morgan fingerprint density at radius 1 is 0.930 bits per heavy atom. The van der Waals surface area contributed by atoms with Crippen molar-refractivity contribution in [2.24, 2.45) is 0 Å². The molecule has 2 fully saturated rings. The second-order valence-electron chi connectivity index (χ2n) is 11.3. The molecule has 1 saturated carbocycles. The van der Waals surface area contributed by atoms with Crippen molar-refractivity contribution in [2.75, 3.05) is 52.8 Å². The number of ether oxygens (including phenoxy) is 2. The molecule has 2 aromatic carbocycles. The first-order valence-corrected chi connectivity index (χ1v) is 14.8. The number of anilines is 1. The second kappa shape index (κ2) is 14.8. The molecular formula is C32H43N5O6. The molecule has 2 aromatic rings. The van der Waals surface area contributed by atoms with Crippen molar-refractivity contribution >= 4 is 29.5 Å². The Bertz CT molecular complexity index is 1260. The van der Waals surface area contributed by atoms with E-state index < -0.39 is 24.0 Å². The van der Waals surface area contributed by atoms with E-state index in [0.29, 0.717) is 11.3 Å². The van der Waals surface area contributed by atoms with E-state index in [4.69, 9.17) is 9.47 Å². The van der Waals surface area contributed by atoms with E-state index >= 15 is 0 Å². The molecule has 1 heterocycles. The lowest BCUT2D eigenvalue weighted by molar-refractivity contribution is -0.145. The molecule has 11 nitrogen and oxygen atoms in total. The van der Waals surface area contributed by atoms with Gasteiger partial charge in [-0.25, -0.2) is 9.59 Å². The van der Waals surface area contributed by atoms with Crippen LogP contribution in [-0.4, -0.2) is 99.7 Å². The summed E-state index contributed by atoms with van der Waals surface area (Å²) in [5.41, 5.74) is 2.26. The first-order valence-electron chi connectivity index (χ1n) is 14.8. The van der Waals surface area contributed by atoms with E-state index in [1.807, 2.05) is 43.3 Å². The van der Waals surface area contributed by atoms with Gasteiger partial charge in [-0.2, -0.15) is 0 Å². The van der Waals surface area contributed by atoms with Gasteiger partial charge in [-0.1, -0.05) is 31.4 Å². The van der Waals surface area contributed by atoms with Gasteiger partial charge in [0.2, 0.25) is 5.91 Å². The second-order valence-corrected chi connectivity index (χ2v) is 11.3. The van der Waals surface area contributed by atoms with Crippen molar-refractivity contribution in [3.8, 4) is 5.75 Å². The van der Waals surface area contributed by atoms with Gasteiger partial charge >= 0.3 is 12.0 Å². The molecule has 1 saturated heterocycles. The van der Waals surface area contributed by atoms with E-state index in [9.17, 15) is 19.2 Å². The fraction of sp³-hybridized carbons (Fsp3) is 0.500.